The predicted octanol–water partition coefficient (Wildman–Crippen LogP) is 3.32. The zero-order valence-electron chi connectivity index (χ0n) is 13.4. The fraction of sp³-hybridized carbons (Fsp3) is 0.471. The van der Waals surface area contributed by atoms with E-state index in [0.717, 1.165) is 24.0 Å². The van der Waals surface area contributed by atoms with E-state index in [1.165, 1.54) is 5.19 Å². The van der Waals surface area contributed by atoms with Gasteiger partial charge in [0.1, 0.15) is 0 Å². The van der Waals surface area contributed by atoms with Crippen LogP contribution in [0.2, 0.25) is 19.6 Å². The Kier molecular flexibility index (Phi) is 4.88. The van der Waals surface area contributed by atoms with Gasteiger partial charge in [-0.3, -0.25) is 0 Å². The summed E-state index contributed by atoms with van der Waals surface area (Å²) in [7, 11) is -1.30. The molecule has 0 bridgehead atoms. The van der Waals surface area contributed by atoms with Gasteiger partial charge in [-0.25, -0.2) is 4.79 Å². The van der Waals surface area contributed by atoms with Crippen LogP contribution in [-0.2, 0) is 14.3 Å². The number of carbonyl (C=O) groups excluding carboxylic acids is 1. The first-order valence-electron chi connectivity index (χ1n) is 7.57. The molecule has 0 aromatic heterocycles. The molecule has 0 amide bonds. The molecule has 114 valence electrons. The average molecular weight is 304 g/mol. The van der Waals surface area contributed by atoms with Gasteiger partial charge in [0.15, 0.2) is 0 Å². The minimum absolute atomic E-state index is 0.346. The van der Waals surface area contributed by atoms with E-state index in [0.29, 0.717) is 19.0 Å². The summed E-state index contributed by atoms with van der Waals surface area (Å²) in [6.07, 6.45) is 1.80. The molecule has 0 radical (unpaired) electrons. The van der Waals surface area contributed by atoms with Crippen LogP contribution in [0.3, 0.4) is 0 Å². The van der Waals surface area contributed by atoms with Gasteiger partial charge in [-0.2, -0.15) is 0 Å². The lowest BCUT2D eigenvalue weighted by atomic mass is 9.98. The Morgan fingerprint density at radius 3 is 2.48 bits per heavy atom. The Bertz CT molecular complexity index is 538. The van der Waals surface area contributed by atoms with Gasteiger partial charge in [-0.1, -0.05) is 49.1 Å². The van der Waals surface area contributed by atoms with Crippen molar-refractivity contribution in [3.05, 3.63) is 35.6 Å². The second kappa shape index (κ2) is 6.48. The number of benzene rings is 1. The van der Waals surface area contributed by atoms with Crippen molar-refractivity contribution >= 4 is 24.8 Å². The molecule has 0 unspecified atom stereocenters. The fourth-order valence-electron chi connectivity index (χ4n) is 2.45. The lowest BCUT2D eigenvalue weighted by Gasteiger charge is -2.21. The number of hydrogen-bond donors (Lipinski definition) is 0. The first kappa shape index (κ1) is 15.8. The van der Waals surface area contributed by atoms with Crippen molar-refractivity contribution in [2.45, 2.75) is 39.4 Å². The molecule has 1 aromatic carbocycles. The summed E-state index contributed by atoms with van der Waals surface area (Å²) in [5.41, 5.74) is 2.04. The van der Waals surface area contributed by atoms with Crippen molar-refractivity contribution in [2.75, 3.05) is 13.2 Å². The van der Waals surface area contributed by atoms with Crippen molar-refractivity contribution in [3.63, 3.8) is 0 Å². The molecule has 1 aromatic rings. The van der Waals surface area contributed by atoms with Crippen LogP contribution in [0.5, 0.6) is 0 Å². The Morgan fingerprint density at radius 2 is 1.90 bits per heavy atom. The Hall–Kier alpha value is -1.55. The molecule has 0 fully saturated rings. The second-order valence-corrected chi connectivity index (χ2v) is 11.4. The molecule has 2 rings (SSSR count). The van der Waals surface area contributed by atoms with Gasteiger partial charge in [-0.15, -0.1) is 0 Å². The number of allylic oxidation sites excluding steroid dienone is 1. The summed E-state index contributed by atoms with van der Waals surface area (Å²) < 4.78 is 10.7. The van der Waals surface area contributed by atoms with E-state index in [2.05, 4.69) is 43.9 Å². The van der Waals surface area contributed by atoms with Gasteiger partial charge in [0.25, 0.3) is 0 Å². The molecule has 0 atom stereocenters. The van der Waals surface area contributed by atoms with Crippen LogP contribution >= 0.6 is 0 Å². The van der Waals surface area contributed by atoms with Crippen molar-refractivity contribution in [2.24, 2.45) is 0 Å². The first-order chi connectivity index (χ1) is 9.93. The van der Waals surface area contributed by atoms with Gasteiger partial charge in [0, 0.05) is 5.57 Å². The van der Waals surface area contributed by atoms with Crippen LogP contribution in [0.15, 0.2) is 30.0 Å². The highest BCUT2D eigenvalue weighted by atomic mass is 28.3. The van der Waals surface area contributed by atoms with Crippen molar-refractivity contribution in [1.29, 1.82) is 0 Å². The molecule has 0 spiro atoms. The molecule has 0 aliphatic carbocycles. The number of hydrogen-bond acceptors (Lipinski definition) is 3. The largest absolute Gasteiger partial charge is 0.486 e. The maximum Gasteiger partial charge on any atom is 0.373 e. The van der Waals surface area contributed by atoms with E-state index in [9.17, 15) is 4.79 Å². The minimum atomic E-state index is -1.30. The standard InChI is InChI=1S/C17H24O3Si/c1-5-19-17(18)16-15(7-6-12-20-16)13-8-10-14(11-9-13)21(2,3)4/h8-11H,5-7,12H2,1-4H3. The highest BCUT2D eigenvalue weighted by Crippen LogP contribution is 2.29. The third-order valence-electron chi connectivity index (χ3n) is 3.65. The highest BCUT2D eigenvalue weighted by molar-refractivity contribution is 6.88. The third kappa shape index (κ3) is 3.76. The van der Waals surface area contributed by atoms with Gasteiger partial charge in [0.2, 0.25) is 5.76 Å². The number of esters is 1. The summed E-state index contributed by atoms with van der Waals surface area (Å²) in [5.74, 6) is 0.0466. The monoisotopic (exact) mass is 304 g/mol. The Balaban J connectivity index is 2.35. The molecule has 0 saturated heterocycles. The number of rotatable bonds is 4. The summed E-state index contributed by atoms with van der Waals surface area (Å²) >= 11 is 0. The van der Waals surface area contributed by atoms with Gasteiger partial charge in [-0.05, 0) is 25.3 Å². The van der Waals surface area contributed by atoms with E-state index in [4.69, 9.17) is 9.47 Å². The Labute approximate surface area is 128 Å². The highest BCUT2D eigenvalue weighted by Gasteiger charge is 2.24. The van der Waals surface area contributed by atoms with Crippen LogP contribution in [0.1, 0.15) is 25.3 Å². The molecule has 1 aliphatic rings. The van der Waals surface area contributed by atoms with E-state index in [1.807, 2.05) is 6.92 Å². The molecular formula is C17H24O3Si. The molecular weight excluding hydrogens is 280 g/mol. The molecule has 3 nitrogen and oxygen atoms in total. The van der Waals surface area contributed by atoms with Crippen molar-refractivity contribution in [3.8, 4) is 0 Å². The smallest absolute Gasteiger partial charge is 0.373 e. The fourth-order valence-corrected chi connectivity index (χ4v) is 3.62. The lowest BCUT2D eigenvalue weighted by molar-refractivity contribution is -0.142. The number of carbonyl (C=O) groups is 1. The van der Waals surface area contributed by atoms with Crippen LogP contribution in [0, 0.1) is 0 Å². The third-order valence-corrected chi connectivity index (χ3v) is 5.72. The SMILES string of the molecule is CCOC(=O)C1=C(c2ccc([Si](C)(C)C)cc2)CCCO1. The molecule has 0 N–H and O–H groups in total. The summed E-state index contributed by atoms with van der Waals surface area (Å²) in [6.45, 7) is 9.75. The zero-order chi connectivity index (χ0) is 15.5. The first-order valence-corrected chi connectivity index (χ1v) is 11.1. The van der Waals surface area contributed by atoms with E-state index in [-0.39, 0.29) is 5.97 Å². The van der Waals surface area contributed by atoms with Gasteiger partial charge in [0.05, 0.1) is 21.3 Å². The zero-order valence-corrected chi connectivity index (χ0v) is 14.4. The quantitative estimate of drug-likeness (QED) is 0.632. The normalized spacial score (nSPS) is 15.6. The van der Waals surface area contributed by atoms with Gasteiger partial charge < -0.3 is 9.47 Å². The van der Waals surface area contributed by atoms with Crippen LogP contribution in [0.4, 0.5) is 0 Å². The lowest BCUT2D eigenvalue weighted by Crippen LogP contribution is -2.37. The van der Waals surface area contributed by atoms with E-state index < -0.39 is 8.07 Å². The maximum absolute atomic E-state index is 12.0. The molecule has 1 aliphatic heterocycles. The molecule has 1 heterocycles. The summed E-state index contributed by atoms with van der Waals surface area (Å²) in [6, 6.07) is 8.59. The van der Waals surface area contributed by atoms with Crippen LogP contribution in [0.25, 0.3) is 5.57 Å². The summed E-state index contributed by atoms with van der Waals surface area (Å²) in [4.78, 5) is 12.0. The maximum atomic E-state index is 12.0. The average Bonchev–Trinajstić information content (AvgIpc) is 2.47. The van der Waals surface area contributed by atoms with Crippen LogP contribution in [-0.4, -0.2) is 27.3 Å². The number of ether oxygens (including phenoxy) is 2. The minimum Gasteiger partial charge on any atom is -0.486 e. The molecule has 0 saturated carbocycles. The van der Waals surface area contributed by atoms with Crippen molar-refractivity contribution in [1.82, 2.24) is 0 Å². The van der Waals surface area contributed by atoms with E-state index in [1.54, 1.807) is 0 Å². The van der Waals surface area contributed by atoms with Gasteiger partial charge >= 0.3 is 5.97 Å². The molecule has 21 heavy (non-hydrogen) atoms. The molecule has 4 heteroatoms. The summed E-state index contributed by atoms with van der Waals surface area (Å²) in [5, 5.41) is 1.42. The Morgan fingerprint density at radius 1 is 1.24 bits per heavy atom. The van der Waals surface area contributed by atoms with Crippen molar-refractivity contribution < 1.29 is 14.3 Å². The van der Waals surface area contributed by atoms with Crippen LogP contribution < -0.4 is 5.19 Å². The predicted molar refractivity (Wildman–Crippen MR) is 88.2 cm³/mol. The second-order valence-electron chi connectivity index (χ2n) is 6.31. The van der Waals surface area contributed by atoms with E-state index >= 15 is 0 Å². The topological polar surface area (TPSA) is 35.5 Å².